The SMILES string of the molecule is CCC(=O)[C@H]1CC[C@H]2C3CC[C@@H]4C[C@](C)(O)CC[C@@H]4[C@H]3CC[C@]12C. The lowest BCUT2D eigenvalue weighted by atomic mass is 9.49. The fraction of sp³-hybridized carbons (Fsp3) is 0.955. The predicted molar refractivity (Wildman–Crippen MR) is 96.5 cm³/mol. The molecule has 0 radical (unpaired) electrons. The minimum Gasteiger partial charge on any atom is -0.390 e. The van der Waals surface area contributed by atoms with Gasteiger partial charge in [-0.15, -0.1) is 0 Å². The van der Waals surface area contributed by atoms with Crippen LogP contribution in [0.15, 0.2) is 0 Å². The highest BCUT2D eigenvalue weighted by molar-refractivity contribution is 5.81. The van der Waals surface area contributed by atoms with Crippen LogP contribution in [0, 0.1) is 40.9 Å². The largest absolute Gasteiger partial charge is 0.390 e. The Morgan fingerprint density at radius 1 is 0.958 bits per heavy atom. The molecule has 1 unspecified atom stereocenters. The summed E-state index contributed by atoms with van der Waals surface area (Å²) >= 11 is 0. The van der Waals surface area contributed by atoms with Gasteiger partial charge in [0.05, 0.1) is 5.60 Å². The van der Waals surface area contributed by atoms with Crippen molar-refractivity contribution in [1.29, 1.82) is 0 Å². The molecule has 4 rings (SSSR count). The van der Waals surface area contributed by atoms with Gasteiger partial charge in [0.2, 0.25) is 0 Å². The van der Waals surface area contributed by atoms with Gasteiger partial charge < -0.3 is 5.11 Å². The molecule has 4 fully saturated rings. The molecule has 4 aliphatic rings. The molecule has 4 aliphatic carbocycles. The topological polar surface area (TPSA) is 37.3 Å². The first-order valence-corrected chi connectivity index (χ1v) is 10.6. The molecule has 0 aromatic carbocycles. The third-order valence-electron chi connectivity index (χ3n) is 8.97. The second-order valence-corrected chi connectivity index (χ2v) is 10.2. The van der Waals surface area contributed by atoms with Gasteiger partial charge in [-0.1, -0.05) is 13.8 Å². The summed E-state index contributed by atoms with van der Waals surface area (Å²) in [7, 11) is 0. The van der Waals surface area contributed by atoms with Crippen LogP contribution in [-0.4, -0.2) is 16.5 Å². The zero-order valence-corrected chi connectivity index (χ0v) is 15.9. The van der Waals surface area contributed by atoms with Crippen molar-refractivity contribution in [1.82, 2.24) is 0 Å². The second kappa shape index (κ2) is 5.83. The van der Waals surface area contributed by atoms with Crippen molar-refractivity contribution in [3.05, 3.63) is 0 Å². The van der Waals surface area contributed by atoms with Crippen LogP contribution in [0.3, 0.4) is 0 Å². The third-order valence-corrected chi connectivity index (χ3v) is 8.97. The number of ketones is 1. The lowest BCUT2D eigenvalue weighted by molar-refractivity contribution is -0.132. The first kappa shape index (κ1) is 17.1. The van der Waals surface area contributed by atoms with Crippen molar-refractivity contribution >= 4 is 5.78 Å². The van der Waals surface area contributed by atoms with Gasteiger partial charge in [0, 0.05) is 12.3 Å². The first-order chi connectivity index (χ1) is 11.4. The molecule has 0 spiro atoms. The van der Waals surface area contributed by atoms with Crippen molar-refractivity contribution in [3.8, 4) is 0 Å². The number of carbonyl (C=O) groups excluding carboxylic acids is 1. The maximum absolute atomic E-state index is 12.5. The van der Waals surface area contributed by atoms with Crippen LogP contribution < -0.4 is 0 Å². The lowest BCUT2D eigenvalue weighted by Crippen LogP contribution is -2.51. The monoisotopic (exact) mass is 332 g/mol. The average molecular weight is 333 g/mol. The van der Waals surface area contributed by atoms with E-state index in [1.807, 2.05) is 13.8 Å². The molecule has 0 saturated heterocycles. The van der Waals surface area contributed by atoms with Crippen molar-refractivity contribution < 1.29 is 9.90 Å². The molecule has 24 heavy (non-hydrogen) atoms. The maximum Gasteiger partial charge on any atom is 0.136 e. The lowest BCUT2D eigenvalue weighted by Gasteiger charge is -2.56. The number of fused-ring (bicyclic) bond motifs is 5. The third kappa shape index (κ3) is 2.50. The number of carbonyl (C=O) groups is 1. The van der Waals surface area contributed by atoms with Gasteiger partial charge >= 0.3 is 0 Å². The van der Waals surface area contributed by atoms with Gasteiger partial charge in [-0.05, 0) is 99.7 Å². The van der Waals surface area contributed by atoms with Crippen molar-refractivity contribution in [2.45, 2.75) is 90.6 Å². The molecule has 0 aromatic heterocycles. The number of hydrogen-bond donors (Lipinski definition) is 1. The van der Waals surface area contributed by atoms with Gasteiger partial charge in [-0.3, -0.25) is 4.79 Å². The molecular weight excluding hydrogens is 296 g/mol. The van der Waals surface area contributed by atoms with Crippen LogP contribution in [0.25, 0.3) is 0 Å². The Morgan fingerprint density at radius 3 is 2.46 bits per heavy atom. The van der Waals surface area contributed by atoms with Crippen molar-refractivity contribution in [2.24, 2.45) is 40.9 Å². The summed E-state index contributed by atoms with van der Waals surface area (Å²) in [4.78, 5) is 12.5. The number of hydrogen-bond acceptors (Lipinski definition) is 2. The summed E-state index contributed by atoms with van der Waals surface area (Å²) in [6.45, 7) is 6.55. The summed E-state index contributed by atoms with van der Waals surface area (Å²) in [6, 6.07) is 0. The molecule has 0 heterocycles. The predicted octanol–water partition coefficient (Wildman–Crippen LogP) is 4.99. The Balaban J connectivity index is 1.54. The molecule has 136 valence electrons. The Morgan fingerprint density at radius 2 is 1.71 bits per heavy atom. The summed E-state index contributed by atoms with van der Waals surface area (Å²) in [6.07, 6.45) is 11.7. The smallest absolute Gasteiger partial charge is 0.136 e. The molecule has 0 amide bonds. The van der Waals surface area contributed by atoms with Crippen LogP contribution in [0.4, 0.5) is 0 Å². The van der Waals surface area contributed by atoms with Crippen LogP contribution in [0.1, 0.15) is 85.0 Å². The van der Waals surface area contributed by atoms with Gasteiger partial charge in [0.15, 0.2) is 0 Å². The first-order valence-electron chi connectivity index (χ1n) is 10.6. The number of Topliss-reactive ketones (excluding diaryl/α,β-unsaturated/α-hetero) is 1. The molecule has 1 N–H and O–H groups in total. The summed E-state index contributed by atoms with van der Waals surface area (Å²) in [5, 5.41) is 10.5. The second-order valence-electron chi connectivity index (χ2n) is 10.2. The van der Waals surface area contributed by atoms with Crippen molar-refractivity contribution in [3.63, 3.8) is 0 Å². The van der Waals surface area contributed by atoms with Gasteiger partial charge in [-0.2, -0.15) is 0 Å². The highest BCUT2D eigenvalue weighted by Crippen LogP contribution is 2.64. The molecule has 0 bridgehead atoms. The van der Waals surface area contributed by atoms with E-state index in [0.29, 0.717) is 17.1 Å². The molecule has 4 saturated carbocycles. The van der Waals surface area contributed by atoms with E-state index >= 15 is 0 Å². The van der Waals surface area contributed by atoms with E-state index in [-0.39, 0.29) is 0 Å². The van der Waals surface area contributed by atoms with Gasteiger partial charge in [0.1, 0.15) is 5.78 Å². The van der Waals surface area contributed by atoms with Crippen LogP contribution >= 0.6 is 0 Å². The average Bonchev–Trinajstić information content (AvgIpc) is 2.90. The van der Waals surface area contributed by atoms with Gasteiger partial charge in [-0.25, -0.2) is 0 Å². The Kier molecular flexibility index (Phi) is 4.14. The van der Waals surface area contributed by atoms with Gasteiger partial charge in [0.25, 0.3) is 0 Å². The Labute approximate surface area is 147 Å². The van der Waals surface area contributed by atoms with E-state index in [9.17, 15) is 9.90 Å². The highest BCUT2D eigenvalue weighted by Gasteiger charge is 2.58. The molecule has 0 aliphatic heterocycles. The maximum atomic E-state index is 12.5. The minimum absolute atomic E-state index is 0.293. The molecule has 2 heteroatoms. The minimum atomic E-state index is -0.414. The van der Waals surface area contributed by atoms with Crippen LogP contribution in [-0.2, 0) is 4.79 Å². The summed E-state index contributed by atoms with van der Waals surface area (Å²) in [5.41, 5.74) is -0.121. The van der Waals surface area contributed by atoms with E-state index in [4.69, 9.17) is 0 Å². The Hall–Kier alpha value is -0.370. The number of aliphatic hydroxyl groups is 1. The number of rotatable bonds is 2. The Bertz CT molecular complexity index is 510. The zero-order valence-electron chi connectivity index (χ0n) is 15.9. The fourth-order valence-electron chi connectivity index (χ4n) is 7.86. The van der Waals surface area contributed by atoms with Crippen LogP contribution in [0.5, 0.6) is 0 Å². The quantitative estimate of drug-likeness (QED) is 0.774. The van der Waals surface area contributed by atoms with E-state index in [1.165, 1.54) is 38.5 Å². The normalized spacial score (nSPS) is 53.8. The molecule has 0 aromatic rings. The van der Waals surface area contributed by atoms with Crippen LogP contribution in [0.2, 0.25) is 0 Å². The molecule has 2 nitrogen and oxygen atoms in total. The molecular formula is C22H36O2. The fourth-order valence-corrected chi connectivity index (χ4v) is 7.86. The van der Waals surface area contributed by atoms with Crippen molar-refractivity contribution in [2.75, 3.05) is 0 Å². The van der Waals surface area contributed by atoms with E-state index < -0.39 is 5.60 Å². The zero-order chi connectivity index (χ0) is 17.1. The standard InChI is InChI=1S/C22H36O2/c1-4-20(23)19-8-7-18-17-6-5-14-13-21(2,24)11-9-15(14)16(17)10-12-22(18,19)3/h14-19,24H,4-13H2,1-3H3/t14-,15+,16-,17?,18+,19-,21-,22+/m1/s1. The van der Waals surface area contributed by atoms with E-state index in [0.717, 1.165) is 55.3 Å². The molecule has 8 atom stereocenters. The van der Waals surface area contributed by atoms with E-state index in [1.54, 1.807) is 0 Å². The summed E-state index contributed by atoms with van der Waals surface area (Å²) in [5.74, 6) is 5.03. The van der Waals surface area contributed by atoms with E-state index in [2.05, 4.69) is 6.92 Å². The highest BCUT2D eigenvalue weighted by atomic mass is 16.3. The summed E-state index contributed by atoms with van der Waals surface area (Å²) < 4.78 is 0.